The fourth-order valence-electron chi connectivity index (χ4n) is 3.37. The summed E-state index contributed by atoms with van der Waals surface area (Å²) in [5, 5.41) is 0. The number of hydrogen-bond acceptors (Lipinski definition) is 0. The third-order valence-corrected chi connectivity index (χ3v) is 4.40. The highest BCUT2D eigenvalue weighted by atomic mass is 14.3. The molecule has 2 aliphatic carbocycles. The van der Waals surface area contributed by atoms with Gasteiger partial charge in [0, 0.05) is 0 Å². The topological polar surface area (TPSA) is 0 Å². The van der Waals surface area contributed by atoms with E-state index in [9.17, 15) is 0 Å². The van der Waals surface area contributed by atoms with Gasteiger partial charge in [-0.1, -0.05) is 50.0 Å². The van der Waals surface area contributed by atoms with Crippen LogP contribution in [-0.4, -0.2) is 0 Å². The molecule has 0 radical (unpaired) electrons. The molecular weight excluding hydrogens is 192 g/mol. The molecule has 1 fully saturated rings. The largest absolute Gasteiger partial charge is 0.0845 e. The lowest BCUT2D eigenvalue weighted by atomic mass is 9.91. The van der Waals surface area contributed by atoms with Crippen molar-refractivity contribution in [2.75, 3.05) is 0 Å². The van der Waals surface area contributed by atoms with Gasteiger partial charge in [-0.05, 0) is 50.4 Å². The third-order valence-electron chi connectivity index (χ3n) is 4.40. The maximum Gasteiger partial charge on any atom is -0.0197 e. The number of hydrogen-bond donors (Lipinski definition) is 0. The van der Waals surface area contributed by atoms with Gasteiger partial charge in [0.2, 0.25) is 0 Å². The Balaban J connectivity index is 2.06. The first-order chi connectivity index (χ1) is 7.92. The highest BCUT2D eigenvalue weighted by Crippen LogP contribution is 2.41. The molecule has 0 aromatic carbocycles. The van der Waals surface area contributed by atoms with E-state index in [1.54, 1.807) is 5.57 Å². The first-order valence-corrected chi connectivity index (χ1v) is 7.28. The van der Waals surface area contributed by atoms with Crippen molar-refractivity contribution in [2.45, 2.75) is 64.7 Å². The Morgan fingerprint density at radius 1 is 1.06 bits per heavy atom. The molecule has 0 aliphatic heterocycles. The summed E-state index contributed by atoms with van der Waals surface area (Å²) in [7, 11) is 0. The molecule has 90 valence electrons. The van der Waals surface area contributed by atoms with Gasteiger partial charge in [0.15, 0.2) is 0 Å². The summed E-state index contributed by atoms with van der Waals surface area (Å²) in [6.45, 7) is 2.35. The highest BCUT2D eigenvalue weighted by molar-refractivity contribution is 5.21. The summed E-state index contributed by atoms with van der Waals surface area (Å²) in [5.41, 5.74) is 1.78. The SMILES string of the molecule is CCC1CCC2CCCCCC/C=C/C=C12. The van der Waals surface area contributed by atoms with Crippen LogP contribution in [-0.2, 0) is 0 Å². The monoisotopic (exact) mass is 218 g/mol. The molecule has 2 rings (SSSR count). The second-order valence-electron chi connectivity index (χ2n) is 5.47. The van der Waals surface area contributed by atoms with E-state index in [1.807, 2.05) is 0 Å². The predicted octanol–water partition coefficient (Wildman–Crippen LogP) is 5.26. The average Bonchev–Trinajstić information content (AvgIpc) is 2.66. The molecule has 0 nitrogen and oxygen atoms in total. The summed E-state index contributed by atoms with van der Waals surface area (Å²) in [4.78, 5) is 0. The first kappa shape index (κ1) is 12.0. The molecular formula is C16H26. The first-order valence-electron chi connectivity index (χ1n) is 7.28. The van der Waals surface area contributed by atoms with Crippen LogP contribution in [0, 0.1) is 11.8 Å². The molecule has 0 saturated heterocycles. The van der Waals surface area contributed by atoms with Gasteiger partial charge in [-0.25, -0.2) is 0 Å². The zero-order valence-electron chi connectivity index (χ0n) is 10.8. The summed E-state index contributed by atoms with van der Waals surface area (Å²) in [6, 6.07) is 0. The Morgan fingerprint density at radius 2 is 1.94 bits per heavy atom. The van der Waals surface area contributed by atoms with Crippen LogP contribution in [0.3, 0.4) is 0 Å². The van der Waals surface area contributed by atoms with Gasteiger partial charge in [-0.15, -0.1) is 0 Å². The van der Waals surface area contributed by atoms with Gasteiger partial charge in [0.05, 0.1) is 0 Å². The zero-order valence-corrected chi connectivity index (χ0v) is 10.8. The summed E-state index contributed by atoms with van der Waals surface area (Å²) in [6.07, 6.45) is 19.9. The fourth-order valence-corrected chi connectivity index (χ4v) is 3.37. The van der Waals surface area contributed by atoms with E-state index in [0.717, 1.165) is 11.8 Å². The van der Waals surface area contributed by atoms with Crippen molar-refractivity contribution in [1.29, 1.82) is 0 Å². The quantitative estimate of drug-likeness (QED) is 0.563. The van der Waals surface area contributed by atoms with Gasteiger partial charge >= 0.3 is 0 Å². The number of rotatable bonds is 1. The average molecular weight is 218 g/mol. The van der Waals surface area contributed by atoms with Crippen LogP contribution in [0.4, 0.5) is 0 Å². The summed E-state index contributed by atoms with van der Waals surface area (Å²) < 4.78 is 0. The third kappa shape index (κ3) is 2.99. The molecule has 16 heavy (non-hydrogen) atoms. The van der Waals surface area contributed by atoms with E-state index < -0.39 is 0 Å². The Hall–Kier alpha value is -0.520. The van der Waals surface area contributed by atoms with Gasteiger partial charge in [0.25, 0.3) is 0 Å². The van der Waals surface area contributed by atoms with Crippen LogP contribution in [0.25, 0.3) is 0 Å². The molecule has 0 N–H and O–H groups in total. The molecule has 0 aromatic rings. The van der Waals surface area contributed by atoms with Crippen molar-refractivity contribution in [3.63, 3.8) is 0 Å². The number of fused-ring (bicyclic) bond motifs is 1. The number of allylic oxidation sites excluding steroid dienone is 4. The normalized spacial score (nSPS) is 33.7. The van der Waals surface area contributed by atoms with Crippen molar-refractivity contribution >= 4 is 0 Å². The van der Waals surface area contributed by atoms with Crippen molar-refractivity contribution in [3.8, 4) is 0 Å². The molecule has 0 aromatic heterocycles. The molecule has 1 saturated carbocycles. The maximum absolute atomic E-state index is 2.46. The second-order valence-corrected chi connectivity index (χ2v) is 5.47. The van der Waals surface area contributed by atoms with E-state index in [-0.39, 0.29) is 0 Å². The van der Waals surface area contributed by atoms with Gasteiger partial charge < -0.3 is 0 Å². The molecule has 2 unspecified atom stereocenters. The van der Waals surface area contributed by atoms with E-state index in [1.165, 1.54) is 57.8 Å². The molecule has 0 spiro atoms. The van der Waals surface area contributed by atoms with E-state index in [2.05, 4.69) is 25.2 Å². The Labute approximate surface area is 101 Å². The maximum atomic E-state index is 2.46. The summed E-state index contributed by atoms with van der Waals surface area (Å²) >= 11 is 0. The smallest absolute Gasteiger partial charge is 0.0197 e. The van der Waals surface area contributed by atoms with E-state index >= 15 is 0 Å². The van der Waals surface area contributed by atoms with Crippen molar-refractivity contribution in [1.82, 2.24) is 0 Å². The molecule has 0 bridgehead atoms. The summed E-state index contributed by atoms with van der Waals surface area (Å²) in [5.74, 6) is 1.82. The van der Waals surface area contributed by atoms with Crippen molar-refractivity contribution in [3.05, 3.63) is 23.8 Å². The minimum absolute atomic E-state index is 0.899. The lowest BCUT2D eigenvalue weighted by molar-refractivity contribution is 0.515. The van der Waals surface area contributed by atoms with E-state index in [4.69, 9.17) is 0 Å². The van der Waals surface area contributed by atoms with Crippen LogP contribution in [0.2, 0.25) is 0 Å². The molecule has 2 aliphatic rings. The standard InChI is InChI=1S/C16H26/c1-2-14-12-13-15-10-8-6-4-3-5-7-9-11-16(14)15/h7,9,11,14-15H,2-6,8,10,12-13H2,1H3/b9-7+,16-11?. The fraction of sp³-hybridized carbons (Fsp3) is 0.750. The van der Waals surface area contributed by atoms with Crippen LogP contribution >= 0.6 is 0 Å². The van der Waals surface area contributed by atoms with Crippen LogP contribution in [0.5, 0.6) is 0 Å². The van der Waals surface area contributed by atoms with E-state index in [0.29, 0.717) is 0 Å². The van der Waals surface area contributed by atoms with Crippen LogP contribution < -0.4 is 0 Å². The molecule has 0 heteroatoms. The molecule has 0 heterocycles. The zero-order chi connectivity index (χ0) is 11.2. The minimum Gasteiger partial charge on any atom is -0.0845 e. The lowest BCUT2D eigenvalue weighted by Gasteiger charge is -2.15. The van der Waals surface area contributed by atoms with Crippen LogP contribution in [0.1, 0.15) is 64.7 Å². The van der Waals surface area contributed by atoms with Crippen molar-refractivity contribution in [2.24, 2.45) is 11.8 Å². The second kappa shape index (κ2) is 6.27. The minimum atomic E-state index is 0.899. The Morgan fingerprint density at radius 3 is 2.81 bits per heavy atom. The Kier molecular flexibility index (Phi) is 4.69. The highest BCUT2D eigenvalue weighted by Gasteiger charge is 2.27. The lowest BCUT2D eigenvalue weighted by Crippen LogP contribution is -2.01. The molecule has 2 atom stereocenters. The van der Waals surface area contributed by atoms with Gasteiger partial charge in [0.1, 0.15) is 0 Å². The Bertz CT molecular complexity index is 259. The molecule has 0 amide bonds. The van der Waals surface area contributed by atoms with Gasteiger partial charge in [-0.2, -0.15) is 0 Å². The predicted molar refractivity (Wildman–Crippen MR) is 71.4 cm³/mol. The van der Waals surface area contributed by atoms with Crippen molar-refractivity contribution < 1.29 is 0 Å². The van der Waals surface area contributed by atoms with Crippen LogP contribution in [0.15, 0.2) is 23.8 Å². The van der Waals surface area contributed by atoms with Gasteiger partial charge in [-0.3, -0.25) is 0 Å².